The summed E-state index contributed by atoms with van der Waals surface area (Å²) in [6.45, 7) is 4.27. The van der Waals surface area contributed by atoms with Crippen molar-refractivity contribution in [2.75, 3.05) is 5.32 Å². The number of benzene rings is 1. The van der Waals surface area contributed by atoms with Gasteiger partial charge in [0.05, 0.1) is 0 Å². The van der Waals surface area contributed by atoms with Crippen molar-refractivity contribution in [3.8, 4) is 11.6 Å². The van der Waals surface area contributed by atoms with Crippen LogP contribution < -0.4 is 15.5 Å². The third-order valence-electron chi connectivity index (χ3n) is 5.45. The number of pyridine rings is 2. The smallest absolute Gasteiger partial charge is 0.271 e. The summed E-state index contributed by atoms with van der Waals surface area (Å²) in [4.78, 5) is 21.5. The minimum absolute atomic E-state index is 0.211. The number of carbonyl (C=O) groups is 1. The molecule has 0 bridgehead atoms. The third-order valence-corrected chi connectivity index (χ3v) is 5.45. The van der Waals surface area contributed by atoms with E-state index >= 15 is 0 Å². The molecule has 0 aliphatic carbocycles. The minimum atomic E-state index is -0.211. The molecule has 7 nitrogen and oxygen atoms in total. The lowest BCUT2D eigenvalue weighted by Gasteiger charge is -2.38. The maximum absolute atomic E-state index is 13.0. The summed E-state index contributed by atoms with van der Waals surface area (Å²) in [6, 6.07) is 17.2. The highest BCUT2D eigenvalue weighted by atomic mass is 16.5. The lowest BCUT2D eigenvalue weighted by Crippen LogP contribution is -2.54. The quantitative estimate of drug-likeness (QED) is 0.593. The van der Waals surface area contributed by atoms with Gasteiger partial charge in [0, 0.05) is 30.2 Å². The number of ether oxygens (including phenoxy) is 1. The normalized spacial score (nSPS) is 18.9. The molecule has 1 saturated heterocycles. The fourth-order valence-electron chi connectivity index (χ4n) is 3.77. The van der Waals surface area contributed by atoms with Gasteiger partial charge < -0.3 is 10.1 Å². The monoisotopic (exact) mass is 417 g/mol. The zero-order valence-corrected chi connectivity index (χ0v) is 17.8. The van der Waals surface area contributed by atoms with Gasteiger partial charge in [-0.2, -0.15) is 0 Å². The van der Waals surface area contributed by atoms with Crippen molar-refractivity contribution in [2.45, 2.75) is 45.2 Å². The van der Waals surface area contributed by atoms with E-state index in [1.165, 1.54) is 6.42 Å². The number of nitrogens with one attached hydrogen (secondary N) is 2. The number of aromatic nitrogens is 2. The van der Waals surface area contributed by atoms with Crippen LogP contribution in [0.25, 0.3) is 0 Å². The lowest BCUT2D eigenvalue weighted by atomic mass is 10.00. The van der Waals surface area contributed by atoms with Crippen molar-refractivity contribution in [1.29, 1.82) is 0 Å². The maximum atomic E-state index is 13.0. The first-order chi connectivity index (χ1) is 15.1. The van der Waals surface area contributed by atoms with E-state index in [0.29, 0.717) is 23.4 Å². The molecule has 1 aliphatic heterocycles. The van der Waals surface area contributed by atoms with E-state index < -0.39 is 0 Å². The van der Waals surface area contributed by atoms with E-state index in [1.807, 2.05) is 47.5 Å². The number of nitrogens with zero attached hydrogens (tertiary/aromatic N) is 3. The van der Waals surface area contributed by atoms with Gasteiger partial charge in [0.1, 0.15) is 17.1 Å². The third kappa shape index (κ3) is 5.19. The first-order valence-corrected chi connectivity index (χ1v) is 10.6. The Labute approximate surface area is 182 Å². The molecule has 0 saturated carbocycles. The van der Waals surface area contributed by atoms with Gasteiger partial charge in [-0.15, -0.1) is 0 Å². The van der Waals surface area contributed by atoms with Crippen molar-refractivity contribution < 1.29 is 9.53 Å². The molecule has 2 N–H and O–H groups in total. The number of amides is 1. The number of anilines is 2. The molecule has 1 aromatic carbocycles. The number of hydrogen-bond acceptors (Lipinski definition) is 6. The van der Waals surface area contributed by atoms with Crippen LogP contribution in [0.4, 0.5) is 11.5 Å². The van der Waals surface area contributed by atoms with Crippen LogP contribution in [0.15, 0.2) is 67.0 Å². The second-order valence-electron chi connectivity index (χ2n) is 7.80. The summed E-state index contributed by atoms with van der Waals surface area (Å²) in [5, 5.41) is 5.27. The van der Waals surface area contributed by atoms with Crippen LogP contribution in [-0.2, 0) is 0 Å². The molecular formula is C24H27N5O2. The molecular weight excluding hydrogens is 390 g/mol. The van der Waals surface area contributed by atoms with Crippen molar-refractivity contribution >= 4 is 17.4 Å². The molecule has 3 heterocycles. The SMILES string of the molecule is C[C@H]1CCC[C@H](C)N1NC(=O)c1cccnc1Oc1ccc(Nc2ccccn2)cc1. The van der Waals surface area contributed by atoms with Crippen LogP contribution >= 0.6 is 0 Å². The van der Waals surface area contributed by atoms with Gasteiger partial charge in [-0.05, 0) is 75.2 Å². The van der Waals surface area contributed by atoms with E-state index in [-0.39, 0.29) is 11.8 Å². The van der Waals surface area contributed by atoms with E-state index in [2.05, 4.69) is 34.6 Å². The van der Waals surface area contributed by atoms with Crippen molar-refractivity contribution in [2.24, 2.45) is 0 Å². The molecule has 1 aliphatic rings. The first kappa shape index (κ1) is 20.8. The van der Waals surface area contributed by atoms with E-state index in [4.69, 9.17) is 4.74 Å². The highest BCUT2D eigenvalue weighted by molar-refractivity contribution is 5.96. The molecule has 1 amide bonds. The van der Waals surface area contributed by atoms with Gasteiger partial charge in [0.25, 0.3) is 5.91 Å². The van der Waals surface area contributed by atoms with Gasteiger partial charge in [-0.25, -0.2) is 15.0 Å². The first-order valence-electron chi connectivity index (χ1n) is 10.6. The standard InChI is InChI=1S/C24H27N5O2/c1-17-7-5-8-18(2)29(17)28-23(30)21-9-6-16-26-24(21)31-20-13-11-19(12-14-20)27-22-10-3-4-15-25-22/h3-4,6,9-18H,5,7-8H2,1-2H3,(H,25,27)(H,28,30)/t17-,18-/m0/s1. The number of rotatable bonds is 6. The molecule has 160 valence electrons. The van der Waals surface area contributed by atoms with E-state index in [0.717, 1.165) is 24.3 Å². The summed E-state index contributed by atoms with van der Waals surface area (Å²) in [5.41, 5.74) is 4.35. The summed E-state index contributed by atoms with van der Waals surface area (Å²) >= 11 is 0. The number of hydrazine groups is 1. The van der Waals surface area contributed by atoms with E-state index in [9.17, 15) is 4.79 Å². The highest BCUT2D eigenvalue weighted by Crippen LogP contribution is 2.26. The molecule has 4 rings (SSSR count). The van der Waals surface area contributed by atoms with Gasteiger partial charge in [-0.1, -0.05) is 12.5 Å². The number of hydrogen-bond donors (Lipinski definition) is 2. The van der Waals surface area contributed by atoms with Crippen LogP contribution in [0, 0.1) is 0 Å². The number of piperidine rings is 1. The Hall–Kier alpha value is -3.45. The second-order valence-corrected chi connectivity index (χ2v) is 7.80. The fraction of sp³-hybridized carbons (Fsp3) is 0.292. The van der Waals surface area contributed by atoms with E-state index in [1.54, 1.807) is 24.5 Å². The van der Waals surface area contributed by atoms with Gasteiger partial charge in [0.2, 0.25) is 5.88 Å². The Morgan fingerprint density at radius 3 is 2.42 bits per heavy atom. The molecule has 2 atom stereocenters. The Morgan fingerprint density at radius 1 is 0.968 bits per heavy atom. The van der Waals surface area contributed by atoms with Gasteiger partial charge >= 0.3 is 0 Å². The van der Waals surface area contributed by atoms with Crippen molar-refractivity contribution in [3.05, 3.63) is 72.6 Å². The highest BCUT2D eigenvalue weighted by Gasteiger charge is 2.27. The Bertz CT molecular complexity index is 1000. The lowest BCUT2D eigenvalue weighted by molar-refractivity contribution is 0.0368. The summed E-state index contributed by atoms with van der Waals surface area (Å²) < 4.78 is 5.94. The van der Waals surface area contributed by atoms with Crippen molar-refractivity contribution in [1.82, 2.24) is 20.4 Å². The Balaban J connectivity index is 1.45. The Kier molecular flexibility index (Phi) is 6.43. The summed E-state index contributed by atoms with van der Waals surface area (Å²) in [5.74, 6) is 1.43. The largest absolute Gasteiger partial charge is 0.438 e. The van der Waals surface area contributed by atoms with Crippen LogP contribution in [0.1, 0.15) is 43.5 Å². The second kappa shape index (κ2) is 9.57. The number of carbonyl (C=O) groups excluding carboxylic acids is 1. The molecule has 3 aromatic rings. The minimum Gasteiger partial charge on any atom is -0.438 e. The van der Waals surface area contributed by atoms with Crippen LogP contribution in [-0.4, -0.2) is 33.0 Å². The molecule has 2 aromatic heterocycles. The van der Waals surface area contributed by atoms with Gasteiger partial charge in [0.15, 0.2) is 0 Å². The average molecular weight is 418 g/mol. The average Bonchev–Trinajstić information content (AvgIpc) is 2.79. The van der Waals surface area contributed by atoms with Gasteiger partial charge in [-0.3, -0.25) is 10.2 Å². The molecule has 7 heteroatoms. The fourth-order valence-corrected chi connectivity index (χ4v) is 3.77. The molecule has 0 unspecified atom stereocenters. The maximum Gasteiger partial charge on any atom is 0.271 e. The van der Waals surface area contributed by atoms with Crippen LogP contribution in [0.5, 0.6) is 11.6 Å². The summed E-state index contributed by atoms with van der Waals surface area (Å²) in [6.07, 6.45) is 6.68. The van der Waals surface area contributed by atoms with Crippen molar-refractivity contribution in [3.63, 3.8) is 0 Å². The zero-order valence-electron chi connectivity index (χ0n) is 17.8. The van der Waals surface area contributed by atoms with Crippen LogP contribution in [0.2, 0.25) is 0 Å². The topological polar surface area (TPSA) is 79.4 Å². The zero-order chi connectivity index (χ0) is 21.6. The molecule has 0 spiro atoms. The predicted octanol–water partition coefficient (Wildman–Crippen LogP) is 4.92. The molecule has 0 radical (unpaired) electrons. The predicted molar refractivity (Wildman–Crippen MR) is 120 cm³/mol. The van der Waals surface area contributed by atoms with Crippen LogP contribution in [0.3, 0.4) is 0 Å². The molecule has 31 heavy (non-hydrogen) atoms. The Morgan fingerprint density at radius 2 is 1.71 bits per heavy atom. The molecule has 1 fully saturated rings. The summed E-state index contributed by atoms with van der Waals surface area (Å²) in [7, 11) is 0.